The molecule has 11 heteroatoms. The average molecular weight is 505 g/mol. The summed E-state index contributed by atoms with van der Waals surface area (Å²) in [7, 11) is 1.20. The number of rotatable bonds is 9. The van der Waals surface area contributed by atoms with Crippen LogP contribution in [0.1, 0.15) is 53.0 Å². The zero-order valence-electron chi connectivity index (χ0n) is 21.6. The lowest BCUT2D eigenvalue weighted by Crippen LogP contribution is -2.36. The summed E-state index contributed by atoms with van der Waals surface area (Å²) in [5.41, 5.74) is 0.310. The van der Waals surface area contributed by atoms with Crippen molar-refractivity contribution in [1.29, 1.82) is 0 Å². The molecule has 0 bridgehead atoms. The first kappa shape index (κ1) is 28.5. The molecule has 0 saturated carbocycles. The Kier molecular flexibility index (Phi) is 9.35. The molecule has 1 aromatic carbocycles. The van der Waals surface area contributed by atoms with Crippen LogP contribution in [0.15, 0.2) is 46.8 Å². The molecule has 0 radical (unpaired) electrons. The van der Waals surface area contributed by atoms with Gasteiger partial charge in [0.05, 0.1) is 34.5 Å². The standard InChI is InChI=1S/C25H32N2O9/c1-8-34-13-26-15(2)19(22(28)33-7)21(17-10-9-11-18(12-17)27(31)32)20(16(26)3)23(29)35-14-36-24(30)25(4,5)6/h9-12,21H,8,13-14H2,1-7H3/t21-/m0/s1. The van der Waals surface area contributed by atoms with E-state index in [2.05, 4.69) is 0 Å². The third-order valence-corrected chi connectivity index (χ3v) is 5.62. The van der Waals surface area contributed by atoms with E-state index in [1.54, 1.807) is 52.5 Å². The first-order chi connectivity index (χ1) is 16.8. The highest BCUT2D eigenvalue weighted by Crippen LogP contribution is 2.43. The number of esters is 3. The van der Waals surface area contributed by atoms with Gasteiger partial charge in [0.2, 0.25) is 6.79 Å². The number of nitro benzene ring substituents is 1. The van der Waals surface area contributed by atoms with Crippen LogP contribution in [0.3, 0.4) is 0 Å². The Labute approximate surface area is 209 Å². The summed E-state index contributed by atoms with van der Waals surface area (Å²) >= 11 is 0. The summed E-state index contributed by atoms with van der Waals surface area (Å²) in [4.78, 5) is 50.9. The minimum Gasteiger partial charge on any atom is -0.466 e. The number of carbonyl (C=O) groups excluding carboxylic acids is 3. The van der Waals surface area contributed by atoms with Gasteiger partial charge in [-0.2, -0.15) is 0 Å². The SMILES string of the molecule is CCOCN1C(C)=C(C(=O)OC)[C@H](c2cccc([N+](=O)[O-])c2)C(C(=O)OCOC(=O)C(C)(C)C)=C1C. The summed E-state index contributed by atoms with van der Waals surface area (Å²) < 4.78 is 20.9. The molecule has 1 atom stereocenters. The summed E-state index contributed by atoms with van der Waals surface area (Å²) in [5.74, 6) is -3.19. The highest BCUT2D eigenvalue weighted by molar-refractivity contribution is 6.00. The van der Waals surface area contributed by atoms with E-state index in [0.717, 1.165) is 0 Å². The molecule has 0 N–H and O–H groups in total. The predicted molar refractivity (Wildman–Crippen MR) is 128 cm³/mol. The first-order valence-electron chi connectivity index (χ1n) is 11.3. The molecule has 11 nitrogen and oxygen atoms in total. The maximum atomic E-state index is 13.4. The Balaban J connectivity index is 2.62. The molecular formula is C25H32N2O9. The third kappa shape index (κ3) is 6.28. The van der Waals surface area contributed by atoms with E-state index in [1.807, 2.05) is 0 Å². The summed E-state index contributed by atoms with van der Waals surface area (Å²) in [6, 6.07) is 5.64. The van der Waals surface area contributed by atoms with Crippen LogP contribution in [0.25, 0.3) is 0 Å². The maximum absolute atomic E-state index is 13.4. The van der Waals surface area contributed by atoms with Gasteiger partial charge >= 0.3 is 17.9 Å². The van der Waals surface area contributed by atoms with Crippen molar-refractivity contribution < 1.29 is 38.3 Å². The normalized spacial score (nSPS) is 16.1. The molecule has 0 spiro atoms. The third-order valence-electron chi connectivity index (χ3n) is 5.62. The summed E-state index contributed by atoms with van der Waals surface area (Å²) in [5, 5.41) is 11.4. The zero-order valence-corrected chi connectivity index (χ0v) is 21.6. The molecule has 36 heavy (non-hydrogen) atoms. The number of carbonyl (C=O) groups is 3. The fourth-order valence-corrected chi connectivity index (χ4v) is 3.70. The van der Waals surface area contributed by atoms with Gasteiger partial charge in [0.15, 0.2) is 0 Å². The topological polar surface area (TPSA) is 135 Å². The van der Waals surface area contributed by atoms with Crippen molar-refractivity contribution in [2.24, 2.45) is 5.41 Å². The van der Waals surface area contributed by atoms with E-state index in [9.17, 15) is 24.5 Å². The fourth-order valence-electron chi connectivity index (χ4n) is 3.70. The monoisotopic (exact) mass is 504 g/mol. The van der Waals surface area contributed by atoms with E-state index in [0.29, 0.717) is 23.6 Å². The van der Waals surface area contributed by atoms with Crippen LogP contribution in [0, 0.1) is 15.5 Å². The van der Waals surface area contributed by atoms with Crippen molar-refractivity contribution in [2.75, 3.05) is 27.2 Å². The molecule has 0 unspecified atom stereocenters. The van der Waals surface area contributed by atoms with Crippen molar-refractivity contribution >= 4 is 23.6 Å². The molecular weight excluding hydrogens is 472 g/mol. The van der Waals surface area contributed by atoms with Crippen molar-refractivity contribution in [3.05, 3.63) is 62.5 Å². The Morgan fingerprint density at radius 2 is 1.67 bits per heavy atom. The molecule has 1 aliphatic rings. The van der Waals surface area contributed by atoms with Crippen molar-refractivity contribution in [2.45, 2.75) is 47.5 Å². The second kappa shape index (κ2) is 11.8. The Hall–Kier alpha value is -3.73. The molecule has 2 rings (SSSR count). The first-order valence-corrected chi connectivity index (χ1v) is 11.3. The van der Waals surface area contributed by atoms with Gasteiger partial charge in [-0.05, 0) is 47.1 Å². The number of nitrogens with zero attached hydrogens (tertiary/aromatic N) is 2. The predicted octanol–water partition coefficient (Wildman–Crippen LogP) is 3.80. The van der Waals surface area contributed by atoms with Crippen molar-refractivity contribution in [3.63, 3.8) is 0 Å². The number of benzene rings is 1. The number of nitro groups is 1. The molecule has 1 aromatic rings. The van der Waals surface area contributed by atoms with E-state index in [1.165, 1.54) is 25.3 Å². The quantitative estimate of drug-likeness (QED) is 0.211. The molecule has 1 heterocycles. The molecule has 0 aromatic heterocycles. The molecule has 1 aliphatic heterocycles. The molecule has 0 aliphatic carbocycles. The smallest absolute Gasteiger partial charge is 0.339 e. The second-order valence-corrected chi connectivity index (χ2v) is 9.06. The molecule has 0 saturated heterocycles. The lowest BCUT2D eigenvalue weighted by atomic mass is 9.79. The Bertz CT molecular complexity index is 1100. The van der Waals surface area contributed by atoms with Crippen LogP contribution in [0.5, 0.6) is 0 Å². The number of ether oxygens (including phenoxy) is 4. The minimum atomic E-state index is -1.04. The highest BCUT2D eigenvalue weighted by Gasteiger charge is 2.41. The van der Waals surface area contributed by atoms with Crippen LogP contribution < -0.4 is 0 Å². The van der Waals surface area contributed by atoms with E-state index >= 15 is 0 Å². The van der Waals surface area contributed by atoms with Crippen molar-refractivity contribution in [3.8, 4) is 0 Å². The van der Waals surface area contributed by atoms with Crippen LogP contribution in [0.4, 0.5) is 5.69 Å². The van der Waals surface area contributed by atoms with Gasteiger partial charge in [0.25, 0.3) is 5.69 Å². The summed E-state index contributed by atoms with van der Waals surface area (Å²) in [6.07, 6.45) is 0. The van der Waals surface area contributed by atoms with Crippen LogP contribution in [0.2, 0.25) is 0 Å². The number of hydrogen-bond acceptors (Lipinski definition) is 10. The van der Waals surface area contributed by atoms with Gasteiger partial charge in [-0.3, -0.25) is 14.9 Å². The van der Waals surface area contributed by atoms with Gasteiger partial charge in [0, 0.05) is 30.1 Å². The van der Waals surface area contributed by atoms with E-state index in [4.69, 9.17) is 18.9 Å². The molecule has 0 fully saturated rings. The lowest BCUT2D eigenvalue weighted by Gasteiger charge is -2.37. The molecule has 196 valence electrons. The number of methoxy groups -OCH3 is 1. The Morgan fingerprint density at radius 1 is 1.06 bits per heavy atom. The second-order valence-electron chi connectivity index (χ2n) is 9.06. The van der Waals surface area contributed by atoms with Crippen LogP contribution >= 0.6 is 0 Å². The number of allylic oxidation sites excluding steroid dienone is 2. The lowest BCUT2D eigenvalue weighted by molar-refractivity contribution is -0.384. The average Bonchev–Trinajstić information content (AvgIpc) is 2.82. The Morgan fingerprint density at radius 3 is 2.19 bits per heavy atom. The van der Waals surface area contributed by atoms with Crippen LogP contribution in [-0.2, 0) is 33.3 Å². The van der Waals surface area contributed by atoms with Crippen LogP contribution in [-0.4, -0.2) is 55.0 Å². The highest BCUT2D eigenvalue weighted by atomic mass is 16.7. The van der Waals surface area contributed by atoms with E-state index in [-0.39, 0.29) is 23.6 Å². The van der Waals surface area contributed by atoms with Gasteiger partial charge in [-0.1, -0.05) is 12.1 Å². The largest absolute Gasteiger partial charge is 0.466 e. The van der Waals surface area contributed by atoms with Gasteiger partial charge in [0.1, 0.15) is 6.73 Å². The maximum Gasteiger partial charge on any atom is 0.339 e. The zero-order chi connectivity index (χ0) is 27.2. The minimum absolute atomic E-state index is 0.0338. The van der Waals surface area contributed by atoms with E-state index < -0.39 is 41.0 Å². The van der Waals surface area contributed by atoms with Crippen molar-refractivity contribution in [1.82, 2.24) is 4.90 Å². The summed E-state index contributed by atoms with van der Waals surface area (Å²) in [6.45, 7) is 9.86. The van der Waals surface area contributed by atoms with Gasteiger partial charge < -0.3 is 23.8 Å². The number of hydrogen-bond donors (Lipinski definition) is 0. The van der Waals surface area contributed by atoms with Gasteiger partial charge in [-0.25, -0.2) is 9.59 Å². The fraction of sp³-hybridized carbons (Fsp3) is 0.480. The number of non-ortho nitro benzene ring substituents is 1. The van der Waals surface area contributed by atoms with Gasteiger partial charge in [-0.15, -0.1) is 0 Å². The molecule has 0 amide bonds.